The van der Waals surface area contributed by atoms with E-state index in [2.05, 4.69) is 5.32 Å². The number of halogens is 3. The number of hydrogen-bond acceptors (Lipinski definition) is 4. The number of alkyl halides is 3. The van der Waals surface area contributed by atoms with Crippen LogP contribution >= 0.6 is 0 Å². The standard InChI is InChI=1S/C13H18F3NO3/c14-13(15,16)11-3-1-10(2-4-11)12(19)9-17-5-7-20-8-6-18/h1-4,12,17-19H,5-9H2. The number of hydrogen-bond donors (Lipinski definition) is 3. The zero-order valence-electron chi connectivity index (χ0n) is 10.9. The molecule has 0 amide bonds. The highest BCUT2D eigenvalue weighted by Gasteiger charge is 2.30. The molecule has 1 aromatic rings. The van der Waals surface area contributed by atoms with Gasteiger partial charge in [0, 0.05) is 13.1 Å². The van der Waals surface area contributed by atoms with Crippen LogP contribution in [0.5, 0.6) is 0 Å². The first-order chi connectivity index (χ1) is 9.45. The van der Waals surface area contributed by atoms with E-state index in [1.54, 1.807) is 0 Å². The predicted octanol–water partition coefficient (Wildman–Crippen LogP) is 1.34. The zero-order chi connectivity index (χ0) is 15.0. The highest BCUT2D eigenvalue weighted by molar-refractivity contribution is 5.26. The van der Waals surface area contributed by atoms with Gasteiger partial charge in [0.1, 0.15) is 0 Å². The molecule has 0 bridgehead atoms. The first kappa shape index (κ1) is 16.9. The fourth-order valence-corrected chi connectivity index (χ4v) is 1.56. The predicted molar refractivity (Wildman–Crippen MR) is 67.2 cm³/mol. The van der Waals surface area contributed by atoms with E-state index >= 15 is 0 Å². The van der Waals surface area contributed by atoms with Crippen molar-refractivity contribution in [2.24, 2.45) is 0 Å². The molecular weight excluding hydrogens is 275 g/mol. The molecule has 1 unspecified atom stereocenters. The summed E-state index contributed by atoms with van der Waals surface area (Å²) in [6, 6.07) is 4.42. The Balaban J connectivity index is 2.34. The molecule has 4 nitrogen and oxygen atoms in total. The van der Waals surface area contributed by atoms with Crippen LogP contribution in [0.1, 0.15) is 17.2 Å². The molecule has 0 radical (unpaired) electrons. The molecule has 0 aromatic heterocycles. The van der Waals surface area contributed by atoms with E-state index < -0.39 is 17.8 Å². The van der Waals surface area contributed by atoms with Crippen LogP contribution in [0.25, 0.3) is 0 Å². The van der Waals surface area contributed by atoms with Crippen LogP contribution in [-0.4, -0.2) is 43.1 Å². The largest absolute Gasteiger partial charge is 0.416 e. The number of rotatable bonds is 8. The van der Waals surface area contributed by atoms with Crippen molar-refractivity contribution in [3.8, 4) is 0 Å². The number of ether oxygens (including phenoxy) is 1. The molecule has 0 aliphatic rings. The van der Waals surface area contributed by atoms with Crippen LogP contribution in [0.4, 0.5) is 13.2 Å². The molecule has 1 atom stereocenters. The molecule has 3 N–H and O–H groups in total. The van der Waals surface area contributed by atoms with Gasteiger partial charge in [0.15, 0.2) is 0 Å². The molecule has 0 fully saturated rings. The van der Waals surface area contributed by atoms with E-state index in [1.807, 2.05) is 0 Å². The van der Waals surface area contributed by atoms with Crippen LogP contribution in [0.15, 0.2) is 24.3 Å². The van der Waals surface area contributed by atoms with Crippen LogP contribution < -0.4 is 5.32 Å². The maximum absolute atomic E-state index is 12.4. The molecule has 1 aromatic carbocycles. The first-order valence-corrected chi connectivity index (χ1v) is 6.19. The molecule has 7 heteroatoms. The molecule has 0 saturated heterocycles. The molecule has 114 valence electrons. The van der Waals surface area contributed by atoms with Gasteiger partial charge in [-0.1, -0.05) is 12.1 Å². The highest BCUT2D eigenvalue weighted by Crippen LogP contribution is 2.29. The van der Waals surface area contributed by atoms with Gasteiger partial charge in [-0.3, -0.25) is 0 Å². The van der Waals surface area contributed by atoms with Gasteiger partial charge in [0.05, 0.1) is 31.5 Å². The van der Waals surface area contributed by atoms with Crippen molar-refractivity contribution in [1.29, 1.82) is 0 Å². The molecule has 0 spiro atoms. The average Bonchev–Trinajstić information content (AvgIpc) is 2.41. The lowest BCUT2D eigenvalue weighted by Gasteiger charge is -2.13. The van der Waals surface area contributed by atoms with E-state index in [0.29, 0.717) is 18.7 Å². The lowest BCUT2D eigenvalue weighted by Crippen LogP contribution is -2.25. The summed E-state index contributed by atoms with van der Waals surface area (Å²) in [7, 11) is 0. The summed E-state index contributed by atoms with van der Waals surface area (Å²) < 4.78 is 42.1. The number of aliphatic hydroxyl groups is 2. The summed E-state index contributed by atoms with van der Waals surface area (Å²) in [6.45, 7) is 1.29. The molecule has 0 heterocycles. The van der Waals surface area contributed by atoms with E-state index in [0.717, 1.165) is 12.1 Å². The van der Waals surface area contributed by atoms with Crippen molar-refractivity contribution in [2.75, 3.05) is 32.9 Å². The molecule has 1 rings (SSSR count). The molecule has 20 heavy (non-hydrogen) atoms. The zero-order valence-corrected chi connectivity index (χ0v) is 10.9. The minimum Gasteiger partial charge on any atom is -0.394 e. The topological polar surface area (TPSA) is 61.7 Å². The normalized spacial score (nSPS) is 13.4. The van der Waals surface area contributed by atoms with E-state index in [4.69, 9.17) is 9.84 Å². The van der Waals surface area contributed by atoms with Crippen LogP contribution in [0, 0.1) is 0 Å². The SMILES string of the molecule is OCCOCCNCC(O)c1ccc(C(F)(F)F)cc1. The summed E-state index contributed by atoms with van der Waals surface area (Å²) in [5, 5.41) is 21.2. The van der Waals surface area contributed by atoms with Crippen LogP contribution in [0.3, 0.4) is 0 Å². The maximum Gasteiger partial charge on any atom is 0.416 e. The summed E-state index contributed by atoms with van der Waals surface area (Å²) in [5.41, 5.74) is -0.319. The summed E-state index contributed by atoms with van der Waals surface area (Å²) in [6.07, 6.45) is -5.25. The lowest BCUT2D eigenvalue weighted by atomic mass is 10.1. The van der Waals surface area contributed by atoms with Crippen molar-refractivity contribution in [2.45, 2.75) is 12.3 Å². The van der Waals surface area contributed by atoms with Crippen molar-refractivity contribution < 1.29 is 28.1 Å². The Hall–Kier alpha value is -1.15. The highest BCUT2D eigenvalue weighted by atomic mass is 19.4. The van der Waals surface area contributed by atoms with Gasteiger partial charge in [-0.15, -0.1) is 0 Å². The molecular formula is C13H18F3NO3. The Bertz CT molecular complexity index is 381. The summed E-state index contributed by atoms with van der Waals surface area (Å²) in [5.74, 6) is 0. The minimum absolute atomic E-state index is 0.0474. The maximum atomic E-state index is 12.4. The Morgan fingerprint density at radius 2 is 1.80 bits per heavy atom. The number of aliphatic hydroxyl groups excluding tert-OH is 2. The number of benzene rings is 1. The van der Waals surface area contributed by atoms with E-state index in [9.17, 15) is 18.3 Å². The van der Waals surface area contributed by atoms with Crippen LogP contribution in [0.2, 0.25) is 0 Å². The van der Waals surface area contributed by atoms with E-state index in [-0.39, 0.29) is 19.8 Å². The Labute approximate surface area is 115 Å². The Kier molecular flexibility index (Phi) is 6.94. The van der Waals surface area contributed by atoms with Crippen molar-refractivity contribution in [3.05, 3.63) is 35.4 Å². The molecule has 0 aliphatic carbocycles. The summed E-state index contributed by atoms with van der Waals surface area (Å²) >= 11 is 0. The smallest absolute Gasteiger partial charge is 0.394 e. The number of nitrogens with one attached hydrogen (secondary N) is 1. The third kappa shape index (κ3) is 5.87. The van der Waals surface area contributed by atoms with Gasteiger partial charge in [-0.2, -0.15) is 13.2 Å². The van der Waals surface area contributed by atoms with Gasteiger partial charge < -0.3 is 20.3 Å². The third-order valence-electron chi connectivity index (χ3n) is 2.62. The second-order valence-corrected chi connectivity index (χ2v) is 4.18. The van der Waals surface area contributed by atoms with Gasteiger partial charge >= 0.3 is 6.18 Å². The second-order valence-electron chi connectivity index (χ2n) is 4.18. The van der Waals surface area contributed by atoms with Crippen molar-refractivity contribution in [3.63, 3.8) is 0 Å². The fraction of sp³-hybridized carbons (Fsp3) is 0.538. The quantitative estimate of drug-likeness (QED) is 0.633. The van der Waals surface area contributed by atoms with Gasteiger partial charge in [0.2, 0.25) is 0 Å². The lowest BCUT2D eigenvalue weighted by molar-refractivity contribution is -0.137. The fourth-order valence-electron chi connectivity index (χ4n) is 1.56. The van der Waals surface area contributed by atoms with Gasteiger partial charge in [0.25, 0.3) is 0 Å². The monoisotopic (exact) mass is 293 g/mol. The van der Waals surface area contributed by atoms with E-state index in [1.165, 1.54) is 12.1 Å². The van der Waals surface area contributed by atoms with Crippen molar-refractivity contribution >= 4 is 0 Å². The molecule has 0 saturated carbocycles. The summed E-state index contributed by atoms with van der Waals surface area (Å²) in [4.78, 5) is 0. The Morgan fingerprint density at radius 1 is 1.15 bits per heavy atom. The minimum atomic E-state index is -4.37. The Morgan fingerprint density at radius 3 is 2.35 bits per heavy atom. The van der Waals surface area contributed by atoms with Crippen molar-refractivity contribution in [1.82, 2.24) is 5.32 Å². The van der Waals surface area contributed by atoms with Gasteiger partial charge in [-0.25, -0.2) is 0 Å². The molecule has 0 aliphatic heterocycles. The second kappa shape index (κ2) is 8.21. The average molecular weight is 293 g/mol. The van der Waals surface area contributed by atoms with Gasteiger partial charge in [-0.05, 0) is 17.7 Å². The van der Waals surface area contributed by atoms with Crippen LogP contribution in [-0.2, 0) is 10.9 Å². The third-order valence-corrected chi connectivity index (χ3v) is 2.62. The first-order valence-electron chi connectivity index (χ1n) is 6.19.